The van der Waals surface area contributed by atoms with E-state index in [1.54, 1.807) is 6.07 Å². The minimum atomic E-state index is -4.31. The third kappa shape index (κ3) is 5.86. The Morgan fingerprint density at radius 3 is 2.42 bits per heavy atom. The van der Waals surface area contributed by atoms with Gasteiger partial charge >= 0.3 is 0 Å². The molecule has 7 nitrogen and oxygen atoms in total. The molecule has 1 aliphatic heterocycles. The van der Waals surface area contributed by atoms with Crippen LogP contribution in [0.1, 0.15) is 11.3 Å². The van der Waals surface area contributed by atoms with Crippen molar-refractivity contribution in [3.63, 3.8) is 0 Å². The minimum Gasteiger partial charge on any atom is -0.482 e. The van der Waals surface area contributed by atoms with Crippen molar-refractivity contribution in [2.24, 2.45) is 0 Å². The lowest BCUT2D eigenvalue weighted by molar-refractivity contribution is 0.168. The minimum absolute atomic E-state index is 0.00308. The zero-order valence-corrected chi connectivity index (χ0v) is 22.5. The Morgan fingerprint density at radius 1 is 1.03 bits per heavy atom. The van der Waals surface area contributed by atoms with Gasteiger partial charge in [-0.1, -0.05) is 12.1 Å². The van der Waals surface area contributed by atoms with E-state index in [0.717, 1.165) is 10.4 Å². The van der Waals surface area contributed by atoms with Crippen molar-refractivity contribution in [3.8, 4) is 5.75 Å². The number of hydrogen-bond acceptors (Lipinski definition) is 6. The van der Waals surface area contributed by atoms with E-state index in [2.05, 4.69) is 31.9 Å². The molecule has 1 fully saturated rings. The van der Waals surface area contributed by atoms with Crippen molar-refractivity contribution in [2.75, 3.05) is 26.2 Å². The van der Waals surface area contributed by atoms with Gasteiger partial charge in [0.1, 0.15) is 35.2 Å². The molecule has 0 amide bonds. The van der Waals surface area contributed by atoms with Gasteiger partial charge in [-0.25, -0.2) is 21.6 Å². The van der Waals surface area contributed by atoms with Crippen molar-refractivity contribution in [1.29, 1.82) is 0 Å². The summed E-state index contributed by atoms with van der Waals surface area (Å²) in [6, 6.07) is 7.94. The van der Waals surface area contributed by atoms with Crippen LogP contribution in [0.3, 0.4) is 0 Å². The van der Waals surface area contributed by atoms with Crippen LogP contribution in [0.4, 0.5) is 13.2 Å². The zero-order chi connectivity index (χ0) is 26.0. The molecule has 0 unspecified atom stereocenters. The van der Waals surface area contributed by atoms with Crippen molar-refractivity contribution in [1.82, 2.24) is 9.21 Å². The molecule has 3 aromatic rings. The highest BCUT2D eigenvalue weighted by Gasteiger charge is 2.34. The lowest BCUT2D eigenvalue weighted by atomic mass is 10.2. The van der Waals surface area contributed by atoms with Crippen LogP contribution in [-0.2, 0) is 23.2 Å². The fraction of sp³-hybridized carbons (Fsp3) is 0.261. The molecule has 1 saturated heterocycles. The second-order valence-electron chi connectivity index (χ2n) is 7.97. The molecule has 0 radical (unpaired) electrons. The molecule has 0 N–H and O–H groups in total. The zero-order valence-electron chi connectivity index (χ0n) is 18.5. The summed E-state index contributed by atoms with van der Waals surface area (Å²) >= 11 is 5.69. The number of piperazine rings is 1. The number of rotatable bonds is 7. The smallest absolute Gasteiger partial charge is 0.247 e. The maximum Gasteiger partial charge on any atom is 0.247 e. The van der Waals surface area contributed by atoms with Gasteiger partial charge in [0.25, 0.3) is 0 Å². The monoisotopic (exact) mass is 650 g/mol. The van der Waals surface area contributed by atoms with Gasteiger partial charge in [-0.15, -0.1) is 0 Å². The highest BCUT2D eigenvalue weighted by Crippen LogP contribution is 2.34. The average molecular weight is 652 g/mol. The Balaban J connectivity index is 1.38. The van der Waals surface area contributed by atoms with Crippen LogP contribution >= 0.6 is 31.9 Å². The molecule has 0 bridgehead atoms. The normalized spacial score (nSPS) is 15.2. The number of hydrogen-bond donors (Lipinski definition) is 0. The van der Waals surface area contributed by atoms with Gasteiger partial charge in [-0.2, -0.15) is 4.31 Å². The van der Waals surface area contributed by atoms with Crippen molar-refractivity contribution < 1.29 is 30.7 Å². The SMILES string of the molecule is O=c1cc(CN2CCN(S(=O)(=O)c3c(F)c(Br)cc(F)c3Br)CC2)occ1OCc1cccc(F)c1. The summed E-state index contributed by atoms with van der Waals surface area (Å²) in [7, 11) is -4.31. The van der Waals surface area contributed by atoms with Crippen molar-refractivity contribution in [2.45, 2.75) is 18.0 Å². The van der Waals surface area contributed by atoms with Gasteiger partial charge in [0.05, 0.1) is 15.5 Å². The number of halogens is 5. The molecule has 1 aliphatic rings. The number of ether oxygens (including phenoxy) is 1. The maximum atomic E-state index is 14.6. The standard InChI is InChI=1S/C23H19Br2F3N2O5S/c24-17-10-18(27)21(25)23(22(17)28)36(32,33)30-6-4-29(5-7-30)11-16-9-19(31)20(13-34-16)35-12-14-2-1-3-15(26)8-14/h1-3,8-10,13H,4-7,11-12H2. The van der Waals surface area contributed by atoms with E-state index in [9.17, 15) is 26.4 Å². The molecular weight excluding hydrogens is 633 g/mol. The molecule has 1 aromatic heterocycles. The van der Waals surface area contributed by atoms with E-state index >= 15 is 0 Å². The van der Waals surface area contributed by atoms with Crippen LogP contribution < -0.4 is 10.2 Å². The predicted octanol–water partition coefficient (Wildman–Crippen LogP) is 4.67. The van der Waals surface area contributed by atoms with E-state index in [1.165, 1.54) is 30.5 Å². The lowest BCUT2D eigenvalue weighted by Crippen LogP contribution is -2.48. The summed E-state index contributed by atoms with van der Waals surface area (Å²) in [5.74, 6) is -2.07. The van der Waals surface area contributed by atoms with Crippen LogP contribution in [0.25, 0.3) is 0 Å². The second-order valence-corrected chi connectivity index (χ2v) is 11.5. The summed E-state index contributed by atoms with van der Waals surface area (Å²) in [6.45, 7) is 0.837. The maximum absolute atomic E-state index is 14.6. The lowest BCUT2D eigenvalue weighted by Gasteiger charge is -2.33. The van der Waals surface area contributed by atoms with E-state index in [4.69, 9.17) is 9.15 Å². The molecule has 2 heterocycles. The Morgan fingerprint density at radius 2 is 1.75 bits per heavy atom. The summed E-state index contributed by atoms with van der Waals surface area (Å²) in [5.41, 5.74) is 0.148. The topological polar surface area (TPSA) is 80.1 Å². The van der Waals surface area contributed by atoms with Crippen LogP contribution in [0.2, 0.25) is 0 Å². The van der Waals surface area contributed by atoms with Gasteiger partial charge in [-0.3, -0.25) is 9.69 Å². The first-order valence-corrected chi connectivity index (χ1v) is 13.6. The second kappa shape index (κ2) is 11.1. The fourth-order valence-corrected chi connectivity index (χ4v) is 6.67. The third-order valence-electron chi connectivity index (χ3n) is 5.52. The summed E-state index contributed by atoms with van der Waals surface area (Å²) in [4.78, 5) is 13.5. The molecule has 192 valence electrons. The highest BCUT2D eigenvalue weighted by atomic mass is 79.9. The molecule has 2 aromatic carbocycles. The van der Waals surface area contributed by atoms with E-state index in [1.807, 2.05) is 4.90 Å². The molecular formula is C23H19Br2F3N2O5S. The van der Waals surface area contributed by atoms with Crippen LogP contribution in [0.5, 0.6) is 5.75 Å². The summed E-state index contributed by atoms with van der Waals surface area (Å²) in [5, 5.41) is 0. The number of nitrogens with zero attached hydrogens (tertiary/aromatic N) is 2. The number of sulfonamides is 1. The fourth-order valence-electron chi connectivity index (χ4n) is 3.67. The molecule has 0 saturated carbocycles. The molecule has 0 spiro atoms. The number of benzene rings is 2. The molecule has 0 aliphatic carbocycles. The van der Waals surface area contributed by atoms with Gasteiger partial charge in [0, 0.05) is 32.2 Å². The molecule has 4 rings (SSSR count). The first kappa shape index (κ1) is 26.9. The van der Waals surface area contributed by atoms with E-state index in [0.29, 0.717) is 11.3 Å². The first-order chi connectivity index (χ1) is 17.1. The average Bonchev–Trinajstić information content (AvgIpc) is 2.83. The highest BCUT2D eigenvalue weighted by molar-refractivity contribution is 9.11. The van der Waals surface area contributed by atoms with Gasteiger partial charge in [-0.05, 0) is 55.6 Å². The largest absolute Gasteiger partial charge is 0.482 e. The first-order valence-electron chi connectivity index (χ1n) is 10.6. The van der Waals surface area contributed by atoms with Gasteiger partial charge < -0.3 is 9.15 Å². The van der Waals surface area contributed by atoms with Crippen molar-refractivity contribution >= 4 is 41.9 Å². The van der Waals surface area contributed by atoms with E-state index in [-0.39, 0.29) is 49.6 Å². The van der Waals surface area contributed by atoms with Crippen LogP contribution in [0.15, 0.2) is 65.7 Å². The quantitative estimate of drug-likeness (QED) is 0.346. The Bertz CT molecular complexity index is 1420. The Kier molecular flexibility index (Phi) is 8.25. The van der Waals surface area contributed by atoms with Crippen LogP contribution in [0, 0.1) is 17.5 Å². The molecule has 36 heavy (non-hydrogen) atoms. The molecule has 0 atom stereocenters. The van der Waals surface area contributed by atoms with Gasteiger partial charge in [0.2, 0.25) is 21.2 Å². The predicted molar refractivity (Wildman–Crippen MR) is 132 cm³/mol. The summed E-state index contributed by atoms with van der Waals surface area (Å²) in [6.07, 6.45) is 1.18. The van der Waals surface area contributed by atoms with E-state index < -0.39 is 42.3 Å². The Labute approximate surface area is 221 Å². The van der Waals surface area contributed by atoms with Crippen LogP contribution in [-0.4, -0.2) is 43.8 Å². The Hall–Kier alpha value is -2.19. The van der Waals surface area contributed by atoms with Gasteiger partial charge in [0.15, 0.2) is 5.82 Å². The summed E-state index contributed by atoms with van der Waals surface area (Å²) < 4.78 is 79.2. The molecule has 13 heteroatoms. The third-order valence-corrected chi connectivity index (χ3v) is 9.07. The van der Waals surface area contributed by atoms with Crippen molar-refractivity contribution in [3.05, 3.63) is 90.6 Å².